The lowest BCUT2D eigenvalue weighted by molar-refractivity contribution is -0.140. The van der Waals surface area contributed by atoms with Gasteiger partial charge in [0.2, 0.25) is 0 Å². The van der Waals surface area contributed by atoms with Gasteiger partial charge >= 0.3 is 0 Å². The Bertz CT molecular complexity index is 1260. The molecule has 4 nitrogen and oxygen atoms in total. The van der Waals surface area contributed by atoms with Crippen molar-refractivity contribution in [2.75, 3.05) is 0 Å². The Morgan fingerprint density at radius 3 is 2.18 bits per heavy atom. The summed E-state index contributed by atoms with van der Waals surface area (Å²) in [5.74, 6) is -1.38. The highest BCUT2D eigenvalue weighted by Gasteiger charge is 2.46. The topological polar surface area (TPSA) is 57.6 Å². The second kappa shape index (κ2) is 8.94. The summed E-state index contributed by atoms with van der Waals surface area (Å²) in [5, 5.41) is 11.4. The van der Waals surface area contributed by atoms with Crippen molar-refractivity contribution in [1.29, 1.82) is 0 Å². The van der Waals surface area contributed by atoms with Crippen LogP contribution in [0.2, 0.25) is 0 Å². The number of hydrogen-bond acceptors (Lipinski definition) is 3. The minimum atomic E-state index is -0.672. The second-order valence-corrected chi connectivity index (χ2v) is 10.1. The fourth-order valence-corrected chi connectivity index (χ4v) is 4.47. The van der Waals surface area contributed by atoms with Crippen LogP contribution in [0, 0.1) is 13.8 Å². The van der Waals surface area contributed by atoms with Crippen LogP contribution in [0.4, 0.5) is 0 Å². The lowest BCUT2D eigenvalue weighted by Gasteiger charge is -2.27. The third-order valence-electron chi connectivity index (χ3n) is 6.48. The van der Waals surface area contributed by atoms with Gasteiger partial charge in [-0.1, -0.05) is 93.1 Å². The van der Waals surface area contributed by atoms with Crippen molar-refractivity contribution in [1.82, 2.24) is 4.90 Å². The van der Waals surface area contributed by atoms with Gasteiger partial charge in [0.25, 0.3) is 11.7 Å². The summed E-state index contributed by atoms with van der Waals surface area (Å²) >= 11 is 0. The minimum absolute atomic E-state index is 0.0247. The zero-order chi connectivity index (χ0) is 24.6. The molecule has 1 aliphatic heterocycles. The standard InChI is InChI=1S/C30H31NO3/c1-19-11-12-20(2)24(17-19)27(32)25-26(22-13-15-23(16-14-22)30(3,4)5)31(29(34)28(25)33)18-21-9-7-6-8-10-21/h6-17,26,32H,18H2,1-5H3. The number of aryl methyl sites for hydroxylation is 2. The van der Waals surface area contributed by atoms with Crippen molar-refractivity contribution >= 4 is 17.4 Å². The molecule has 4 heteroatoms. The quantitative estimate of drug-likeness (QED) is 0.290. The van der Waals surface area contributed by atoms with Crippen LogP contribution in [-0.2, 0) is 21.5 Å². The summed E-state index contributed by atoms with van der Waals surface area (Å²) in [6.07, 6.45) is 0. The number of hydrogen-bond donors (Lipinski definition) is 1. The average Bonchev–Trinajstić information content (AvgIpc) is 3.05. The molecule has 1 aliphatic rings. The van der Waals surface area contributed by atoms with E-state index in [1.807, 2.05) is 86.6 Å². The van der Waals surface area contributed by atoms with Crippen molar-refractivity contribution in [2.24, 2.45) is 0 Å². The molecule has 3 aromatic rings. The summed E-state index contributed by atoms with van der Waals surface area (Å²) in [5.41, 5.74) is 5.39. The molecule has 174 valence electrons. The molecule has 34 heavy (non-hydrogen) atoms. The van der Waals surface area contributed by atoms with Crippen molar-refractivity contribution in [2.45, 2.75) is 52.6 Å². The highest BCUT2D eigenvalue weighted by atomic mass is 16.3. The van der Waals surface area contributed by atoms with Gasteiger partial charge in [0.1, 0.15) is 5.76 Å². The van der Waals surface area contributed by atoms with Crippen molar-refractivity contribution < 1.29 is 14.7 Å². The van der Waals surface area contributed by atoms with Gasteiger partial charge in [0.15, 0.2) is 0 Å². The maximum atomic E-state index is 13.3. The first kappa shape index (κ1) is 23.5. The number of carbonyl (C=O) groups excluding carboxylic acids is 2. The third-order valence-corrected chi connectivity index (χ3v) is 6.48. The first-order chi connectivity index (χ1) is 16.1. The Balaban J connectivity index is 1.89. The molecule has 3 aromatic carbocycles. The third kappa shape index (κ3) is 4.41. The molecule has 1 fully saturated rings. The number of aliphatic hydroxyl groups excluding tert-OH is 1. The lowest BCUT2D eigenvalue weighted by Crippen LogP contribution is -2.29. The molecule has 4 rings (SSSR count). The predicted octanol–water partition coefficient (Wildman–Crippen LogP) is 6.22. The van der Waals surface area contributed by atoms with Crippen molar-refractivity contribution in [3.8, 4) is 0 Å². The predicted molar refractivity (Wildman–Crippen MR) is 135 cm³/mol. The Hall–Kier alpha value is -3.66. The molecule has 0 bridgehead atoms. The number of rotatable bonds is 4. The molecule has 1 atom stereocenters. The van der Waals surface area contributed by atoms with E-state index in [-0.39, 0.29) is 23.3 Å². The van der Waals surface area contributed by atoms with Crippen LogP contribution < -0.4 is 0 Å². The van der Waals surface area contributed by atoms with Gasteiger partial charge in [-0.3, -0.25) is 9.59 Å². The van der Waals surface area contributed by atoms with Crippen molar-refractivity contribution in [3.63, 3.8) is 0 Å². The van der Waals surface area contributed by atoms with Crippen LogP contribution in [0.3, 0.4) is 0 Å². The van der Waals surface area contributed by atoms with E-state index in [1.54, 1.807) is 4.90 Å². The number of benzene rings is 3. The van der Waals surface area contributed by atoms with Crippen LogP contribution in [0.15, 0.2) is 78.4 Å². The van der Waals surface area contributed by atoms with Crippen LogP contribution in [0.5, 0.6) is 0 Å². The van der Waals surface area contributed by atoms with Crippen LogP contribution >= 0.6 is 0 Å². The highest BCUT2D eigenvalue weighted by molar-refractivity contribution is 6.46. The maximum absolute atomic E-state index is 13.3. The maximum Gasteiger partial charge on any atom is 0.295 e. The zero-order valence-electron chi connectivity index (χ0n) is 20.4. The fraction of sp³-hybridized carbons (Fsp3) is 0.267. The number of aliphatic hydroxyl groups is 1. The molecule has 1 unspecified atom stereocenters. The number of likely N-dealkylation sites (tertiary alicyclic amines) is 1. The Kier molecular flexibility index (Phi) is 6.18. The second-order valence-electron chi connectivity index (χ2n) is 10.1. The summed E-state index contributed by atoms with van der Waals surface area (Å²) in [7, 11) is 0. The summed E-state index contributed by atoms with van der Waals surface area (Å²) in [6, 6.07) is 22.7. The van der Waals surface area contributed by atoms with Crippen LogP contribution in [-0.4, -0.2) is 21.7 Å². The van der Waals surface area contributed by atoms with E-state index in [4.69, 9.17) is 0 Å². The molecular formula is C30H31NO3. The van der Waals surface area contributed by atoms with Gasteiger partial charge in [0, 0.05) is 12.1 Å². The molecule has 0 aliphatic carbocycles. The molecule has 0 saturated carbocycles. The average molecular weight is 454 g/mol. The summed E-state index contributed by atoms with van der Waals surface area (Å²) < 4.78 is 0. The van der Waals surface area contributed by atoms with Gasteiger partial charge in [0.05, 0.1) is 11.6 Å². The smallest absolute Gasteiger partial charge is 0.295 e. The molecular weight excluding hydrogens is 422 g/mol. The van der Waals surface area contributed by atoms with Crippen LogP contribution in [0.1, 0.15) is 60.2 Å². The first-order valence-corrected chi connectivity index (χ1v) is 11.6. The van der Waals surface area contributed by atoms with E-state index < -0.39 is 17.7 Å². The molecule has 1 amide bonds. The van der Waals surface area contributed by atoms with Crippen molar-refractivity contribution in [3.05, 3.63) is 112 Å². The molecule has 0 aromatic heterocycles. The number of ketones is 1. The Morgan fingerprint density at radius 1 is 0.912 bits per heavy atom. The molecule has 1 N–H and O–H groups in total. The highest BCUT2D eigenvalue weighted by Crippen LogP contribution is 2.41. The SMILES string of the molecule is Cc1ccc(C)c(C(O)=C2C(=O)C(=O)N(Cc3ccccc3)C2c2ccc(C(C)(C)C)cc2)c1. The number of amides is 1. The summed E-state index contributed by atoms with van der Waals surface area (Å²) in [4.78, 5) is 28.1. The normalized spacial score (nSPS) is 17.9. The monoisotopic (exact) mass is 453 g/mol. The fourth-order valence-electron chi connectivity index (χ4n) is 4.47. The molecule has 0 radical (unpaired) electrons. The van der Waals surface area contributed by atoms with Gasteiger partial charge in [-0.15, -0.1) is 0 Å². The van der Waals surface area contributed by atoms with E-state index in [0.717, 1.165) is 27.8 Å². The number of carbonyl (C=O) groups is 2. The Morgan fingerprint density at radius 2 is 1.56 bits per heavy atom. The molecule has 1 heterocycles. The van der Waals surface area contributed by atoms with E-state index in [9.17, 15) is 14.7 Å². The first-order valence-electron chi connectivity index (χ1n) is 11.6. The minimum Gasteiger partial charge on any atom is -0.507 e. The number of Topliss-reactive ketones (excluding diaryl/α,β-unsaturated/α-hetero) is 1. The molecule has 1 saturated heterocycles. The van der Waals surface area contributed by atoms with E-state index in [1.165, 1.54) is 0 Å². The van der Waals surface area contributed by atoms with Gasteiger partial charge in [-0.05, 0) is 47.6 Å². The van der Waals surface area contributed by atoms with Gasteiger partial charge in [-0.25, -0.2) is 0 Å². The lowest BCUT2D eigenvalue weighted by atomic mass is 9.85. The Labute approximate surface area is 201 Å². The summed E-state index contributed by atoms with van der Waals surface area (Å²) in [6.45, 7) is 10.5. The molecule has 0 spiro atoms. The van der Waals surface area contributed by atoms with E-state index in [0.29, 0.717) is 5.56 Å². The number of nitrogens with zero attached hydrogens (tertiary/aromatic N) is 1. The van der Waals surface area contributed by atoms with Crippen LogP contribution in [0.25, 0.3) is 5.76 Å². The van der Waals surface area contributed by atoms with E-state index >= 15 is 0 Å². The van der Waals surface area contributed by atoms with E-state index in [2.05, 4.69) is 20.8 Å². The van der Waals surface area contributed by atoms with Gasteiger partial charge < -0.3 is 10.0 Å². The zero-order valence-corrected chi connectivity index (χ0v) is 20.4. The largest absolute Gasteiger partial charge is 0.507 e. The van der Waals surface area contributed by atoms with Gasteiger partial charge in [-0.2, -0.15) is 0 Å².